The average Bonchev–Trinajstić information content (AvgIpc) is 2.74. The first-order valence-corrected chi connectivity index (χ1v) is 6.67. The monoisotopic (exact) mass is 258 g/mol. The van der Waals surface area contributed by atoms with Gasteiger partial charge in [-0.2, -0.15) is 0 Å². The summed E-state index contributed by atoms with van der Waals surface area (Å²) in [5.41, 5.74) is 2.18. The molecule has 1 aliphatic heterocycles. The molecule has 1 atom stereocenters. The molecule has 1 N–H and O–H groups in total. The third-order valence-corrected chi connectivity index (χ3v) is 3.24. The molecule has 5 heteroatoms. The minimum Gasteiger partial charge on any atom is -0.379 e. The second kappa shape index (κ2) is 5.95. The van der Waals surface area contributed by atoms with E-state index in [2.05, 4.69) is 27.8 Å². The number of nitrogens with zero attached hydrogens (tertiary/aromatic N) is 3. The van der Waals surface area contributed by atoms with Crippen LogP contribution in [0.25, 0.3) is 0 Å². The highest BCUT2D eigenvalue weighted by Crippen LogP contribution is 2.13. The Morgan fingerprint density at radius 2 is 2.21 bits per heavy atom. The van der Waals surface area contributed by atoms with Crippen LogP contribution in [0.3, 0.4) is 0 Å². The number of ether oxygens (including phenoxy) is 1. The van der Waals surface area contributed by atoms with Crippen molar-refractivity contribution in [1.82, 2.24) is 20.3 Å². The predicted molar refractivity (Wildman–Crippen MR) is 71.7 cm³/mol. The molecule has 0 aliphatic carbocycles. The summed E-state index contributed by atoms with van der Waals surface area (Å²) in [6.45, 7) is 3.21. The van der Waals surface area contributed by atoms with Gasteiger partial charge in [0.05, 0.1) is 25.4 Å². The maximum absolute atomic E-state index is 5.55. The first-order valence-electron chi connectivity index (χ1n) is 6.67. The number of hydrogen-bond donors (Lipinski definition) is 1. The molecule has 2 aromatic rings. The van der Waals surface area contributed by atoms with Crippen LogP contribution in [0.1, 0.15) is 23.7 Å². The van der Waals surface area contributed by atoms with Gasteiger partial charge in [-0.15, -0.1) is 5.10 Å². The Morgan fingerprint density at radius 3 is 3.11 bits per heavy atom. The van der Waals surface area contributed by atoms with Crippen molar-refractivity contribution >= 4 is 0 Å². The highest BCUT2D eigenvalue weighted by molar-refractivity contribution is 5.15. The molecule has 3 rings (SSSR count). The molecule has 1 aliphatic rings. The number of hydrogen-bond acceptors (Lipinski definition) is 4. The van der Waals surface area contributed by atoms with E-state index in [0.29, 0.717) is 6.61 Å². The molecule has 19 heavy (non-hydrogen) atoms. The second-order valence-corrected chi connectivity index (χ2v) is 4.76. The normalized spacial score (nSPS) is 20.1. The van der Waals surface area contributed by atoms with Crippen LogP contribution in [0.4, 0.5) is 0 Å². The molecule has 1 saturated heterocycles. The molecule has 100 valence electrons. The lowest BCUT2D eigenvalue weighted by atomic mass is 10.2. The standard InChI is InChI=1S/C14H18N4O/c1-2-5-12(6-3-1)9-18-10-13(16-17-18)14-11-19-8-4-7-15-14/h1-3,5-6,10,14-15H,4,7-9,11H2. The fourth-order valence-electron chi connectivity index (χ4n) is 2.22. The van der Waals surface area contributed by atoms with Crippen molar-refractivity contribution in [3.63, 3.8) is 0 Å². The van der Waals surface area contributed by atoms with Gasteiger partial charge in [-0.3, -0.25) is 0 Å². The number of aromatic nitrogens is 3. The predicted octanol–water partition coefficient (Wildman–Crippen LogP) is 1.38. The van der Waals surface area contributed by atoms with E-state index < -0.39 is 0 Å². The molecule has 0 saturated carbocycles. The van der Waals surface area contributed by atoms with Gasteiger partial charge >= 0.3 is 0 Å². The van der Waals surface area contributed by atoms with Crippen molar-refractivity contribution in [2.45, 2.75) is 19.0 Å². The minimum absolute atomic E-state index is 0.159. The van der Waals surface area contributed by atoms with Crippen molar-refractivity contribution in [1.29, 1.82) is 0 Å². The van der Waals surface area contributed by atoms with Crippen molar-refractivity contribution in [3.05, 3.63) is 47.8 Å². The lowest BCUT2D eigenvalue weighted by Gasteiger charge is -2.11. The van der Waals surface area contributed by atoms with Crippen molar-refractivity contribution in [2.75, 3.05) is 19.8 Å². The van der Waals surface area contributed by atoms with Gasteiger partial charge in [-0.05, 0) is 18.5 Å². The highest BCUT2D eigenvalue weighted by atomic mass is 16.5. The Bertz CT molecular complexity index is 503. The lowest BCUT2D eigenvalue weighted by molar-refractivity contribution is 0.130. The summed E-state index contributed by atoms with van der Waals surface area (Å²) < 4.78 is 7.42. The molecule has 1 unspecified atom stereocenters. The van der Waals surface area contributed by atoms with Gasteiger partial charge in [0.25, 0.3) is 0 Å². The maximum atomic E-state index is 5.55. The van der Waals surface area contributed by atoms with Crippen molar-refractivity contribution in [2.24, 2.45) is 0 Å². The fraction of sp³-hybridized carbons (Fsp3) is 0.429. The Hall–Kier alpha value is -1.72. The van der Waals surface area contributed by atoms with Crippen LogP contribution in [-0.4, -0.2) is 34.8 Å². The number of nitrogens with one attached hydrogen (secondary N) is 1. The summed E-state index contributed by atoms with van der Waals surface area (Å²) in [4.78, 5) is 0. The van der Waals surface area contributed by atoms with Crippen LogP contribution in [0.2, 0.25) is 0 Å². The molecule has 1 aromatic heterocycles. The van der Waals surface area contributed by atoms with Gasteiger partial charge < -0.3 is 10.1 Å². The fourth-order valence-corrected chi connectivity index (χ4v) is 2.22. The number of rotatable bonds is 3. The van der Waals surface area contributed by atoms with Crippen LogP contribution in [-0.2, 0) is 11.3 Å². The molecule has 2 heterocycles. The summed E-state index contributed by atoms with van der Waals surface area (Å²) in [6, 6.07) is 10.4. The molecule has 1 aromatic carbocycles. The molecule has 0 spiro atoms. The van der Waals surface area contributed by atoms with Gasteiger partial charge in [0.1, 0.15) is 5.69 Å². The molecular weight excluding hydrogens is 240 g/mol. The summed E-state index contributed by atoms with van der Waals surface area (Å²) >= 11 is 0. The lowest BCUT2D eigenvalue weighted by Crippen LogP contribution is -2.23. The van der Waals surface area contributed by atoms with E-state index in [1.54, 1.807) is 0 Å². The average molecular weight is 258 g/mol. The maximum Gasteiger partial charge on any atom is 0.102 e. The summed E-state index contributed by atoms with van der Waals surface area (Å²) in [5.74, 6) is 0. The molecule has 0 radical (unpaired) electrons. The van der Waals surface area contributed by atoms with E-state index >= 15 is 0 Å². The minimum atomic E-state index is 0.159. The highest BCUT2D eigenvalue weighted by Gasteiger charge is 2.17. The van der Waals surface area contributed by atoms with Gasteiger partial charge in [-0.1, -0.05) is 35.5 Å². The summed E-state index contributed by atoms with van der Waals surface area (Å²) in [7, 11) is 0. The van der Waals surface area contributed by atoms with Crippen LogP contribution < -0.4 is 5.32 Å². The van der Waals surface area contributed by atoms with E-state index in [4.69, 9.17) is 4.74 Å². The Morgan fingerprint density at radius 1 is 1.32 bits per heavy atom. The van der Waals surface area contributed by atoms with Crippen LogP contribution in [0.15, 0.2) is 36.5 Å². The Labute approximate surface area is 112 Å². The van der Waals surface area contributed by atoms with E-state index in [9.17, 15) is 0 Å². The van der Waals surface area contributed by atoms with E-state index in [-0.39, 0.29) is 6.04 Å². The van der Waals surface area contributed by atoms with Crippen LogP contribution >= 0.6 is 0 Å². The van der Waals surface area contributed by atoms with Gasteiger partial charge in [-0.25, -0.2) is 4.68 Å². The quantitative estimate of drug-likeness (QED) is 0.903. The molecule has 0 bridgehead atoms. The topological polar surface area (TPSA) is 52.0 Å². The summed E-state index contributed by atoms with van der Waals surface area (Å²) in [5, 5.41) is 11.9. The second-order valence-electron chi connectivity index (χ2n) is 4.76. The first kappa shape index (κ1) is 12.3. The molecular formula is C14H18N4O. The van der Waals surface area contributed by atoms with Crippen molar-refractivity contribution < 1.29 is 4.74 Å². The van der Waals surface area contributed by atoms with Crippen molar-refractivity contribution in [3.8, 4) is 0 Å². The zero-order valence-electron chi connectivity index (χ0n) is 10.8. The molecule has 0 amide bonds. The van der Waals surface area contributed by atoms with Gasteiger partial charge in [0, 0.05) is 6.61 Å². The number of benzene rings is 1. The SMILES string of the molecule is c1ccc(Cn2cc(C3COCCCN3)nn2)cc1. The largest absolute Gasteiger partial charge is 0.379 e. The van der Waals surface area contributed by atoms with Gasteiger partial charge in [0.2, 0.25) is 0 Å². The van der Waals surface area contributed by atoms with E-state index in [1.165, 1.54) is 5.56 Å². The summed E-state index contributed by atoms with van der Waals surface area (Å²) in [6.07, 6.45) is 3.05. The van der Waals surface area contributed by atoms with E-state index in [0.717, 1.165) is 31.8 Å². The zero-order valence-corrected chi connectivity index (χ0v) is 10.8. The van der Waals surface area contributed by atoms with Gasteiger partial charge in [0.15, 0.2) is 0 Å². The first-order chi connectivity index (χ1) is 9.42. The Kier molecular flexibility index (Phi) is 3.86. The third kappa shape index (κ3) is 3.19. The smallest absolute Gasteiger partial charge is 0.102 e. The third-order valence-electron chi connectivity index (χ3n) is 3.24. The molecule has 1 fully saturated rings. The van der Waals surface area contributed by atoms with Crippen LogP contribution in [0, 0.1) is 0 Å². The van der Waals surface area contributed by atoms with E-state index in [1.807, 2.05) is 29.1 Å². The Balaban J connectivity index is 1.68. The zero-order chi connectivity index (χ0) is 12.9. The van der Waals surface area contributed by atoms with Crippen LogP contribution in [0.5, 0.6) is 0 Å². The molecule has 5 nitrogen and oxygen atoms in total.